The van der Waals surface area contributed by atoms with Crippen molar-refractivity contribution in [2.45, 2.75) is 12.8 Å². The van der Waals surface area contributed by atoms with E-state index in [0.29, 0.717) is 11.4 Å². The van der Waals surface area contributed by atoms with Crippen molar-refractivity contribution in [2.75, 3.05) is 0 Å². The minimum absolute atomic E-state index is 0.00796. The van der Waals surface area contributed by atoms with Gasteiger partial charge in [-0.25, -0.2) is 8.78 Å². The van der Waals surface area contributed by atoms with Crippen LogP contribution in [-0.4, -0.2) is 26.0 Å². The molecule has 0 fully saturated rings. The van der Waals surface area contributed by atoms with Crippen molar-refractivity contribution in [1.82, 2.24) is 20.2 Å². The zero-order chi connectivity index (χ0) is 13.1. The van der Waals surface area contributed by atoms with Crippen molar-refractivity contribution in [2.24, 2.45) is 7.05 Å². The van der Waals surface area contributed by atoms with Crippen LogP contribution in [0.25, 0.3) is 0 Å². The first-order chi connectivity index (χ1) is 8.52. The van der Waals surface area contributed by atoms with Crippen molar-refractivity contribution in [3.05, 3.63) is 41.2 Å². The maximum absolute atomic E-state index is 12.9. The van der Waals surface area contributed by atoms with Crippen molar-refractivity contribution in [3.63, 3.8) is 0 Å². The zero-order valence-electron chi connectivity index (χ0n) is 9.60. The lowest BCUT2D eigenvalue weighted by atomic mass is 10.1. The molecule has 18 heavy (non-hydrogen) atoms. The third-order valence-electron chi connectivity index (χ3n) is 2.23. The second-order valence-corrected chi connectivity index (χ2v) is 3.87. The molecule has 0 bridgehead atoms. The van der Waals surface area contributed by atoms with Crippen LogP contribution >= 0.6 is 0 Å². The number of nitrogens with zero attached hydrogens (tertiary/aromatic N) is 4. The van der Waals surface area contributed by atoms with Crippen molar-refractivity contribution < 1.29 is 13.6 Å². The molecule has 0 atom stereocenters. The highest BCUT2D eigenvalue weighted by Crippen LogP contribution is 2.09. The molecule has 0 aliphatic carbocycles. The summed E-state index contributed by atoms with van der Waals surface area (Å²) in [5, 5.41) is 11.1. The van der Waals surface area contributed by atoms with Gasteiger partial charge in [-0.15, -0.1) is 10.2 Å². The number of benzene rings is 1. The molecule has 0 saturated carbocycles. The summed E-state index contributed by atoms with van der Waals surface area (Å²) in [6, 6.07) is 3.02. The van der Waals surface area contributed by atoms with Crippen molar-refractivity contribution in [3.8, 4) is 0 Å². The van der Waals surface area contributed by atoms with E-state index in [1.165, 1.54) is 4.80 Å². The number of ketones is 1. The first-order valence-electron chi connectivity index (χ1n) is 5.22. The molecule has 0 unspecified atom stereocenters. The summed E-state index contributed by atoms with van der Waals surface area (Å²) in [4.78, 5) is 12.9. The van der Waals surface area contributed by atoms with E-state index < -0.39 is 11.6 Å². The standard InChI is InChI=1S/C11H10F2N4O/c1-17-15-11(14-16-17)6-10(18)4-7-2-8(12)5-9(13)3-7/h2-3,5H,4,6H2,1H3. The lowest BCUT2D eigenvalue weighted by Gasteiger charge is -2.00. The van der Waals surface area contributed by atoms with Gasteiger partial charge in [0.05, 0.1) is 13.5 Å². The molecular formula is C11H10F2N4O. The number of carbonyl (C=O) groups excluding carboxylic acids is 1. The number of tetrazole rings is 1. The normalized spacial score (nSPS) is 10.6. The second kappa shape index (κ2) is 4.99. The molecule has 0 N–H and O–H groups in total. The fourth-order valence-corrected chi connectivity index (χ4v) is 1.57. The van der Waals surface area contributed by atoms with Crippen LogP contribution in [0.15, 0.2) is 18.2 Å². The molecular weight excluding hydrogens is 242 g/mol. The van der Waals surface area contributed by atoms with Crippen molar-refractivity contribution >= 4 is 5.78 Å². The number of carbonyl (C=O) groups is 1. The summed E-state index contributed by atoms with van der Waals surface area (Å²) in [6.07, 6.45) is -0.0705. The minimum atomic E-state index is -0.699. The molecule has 5 nitrogen and oxygen atoms in total. The number of halogens is 2. The molecule has 2 rings (SSSR count). The third kappa shape index (κ3) is 3.16. The molecule has 0 amide bonds. The van der Waals surface area contributed by atoms with Crippen LogP contribution in [0.4, 0.5) is 8.78 Å². The molecule has 1 aromatic carbocycles. The van der Waals surface area contributed by atoms with Crippen LogP contribution in [-0.2, 0) is 24.7 Å². The van der Waals surface area contributed by atoms with Crippen LogP contribution < -0.4 is 0 Å². The number of Topliss-reactive ketones (excluding diaryl/α,β-unsaturated/α-hetero) is 1. The van der Waals surface area contributed by atoms with Gasteiger partial charge in [-0.1, -0.05) is 0 Å². The van der Waals surface area contributed by atoms with Gasteiger partial charge >= 0.3 is 0 Å². The molecule has 0 saturated heterocycles. The topological polar surface area (TPSA) is 60.7 Å². The molecule has 94 valence electrons. The van der Waals surface area contributed by atoms with E-state index in [1.807, 2.05) is 0 Å². The Hall–Kier alpha value is -2.18. The lowest BCUT2D eigenvalue weighted by Crippen LogP contribution is -2.08. The second-order valence-electron chi connectivity index (χ2n) is 3.87. The van der Waals surface area contributed by atoms with Crippen LogP contribution in [0.1, 0.15) is 11.4 Å². The summed E-state index contributed by atoms with van der Waals surface area (Å²) < 4.78 is 25.8. The highest BCUT2D eigenvalue weighted by Gasteiger charge is 2.10. The van der Waals surface area contributed by atoms with Gasteiger partial charge in [-0.2, -0.15) is 4.80 Å². The number of hydrogen-bond acceptors (Lipinski definition) is 4. The van der Waals surface area contributed by atoms with Gasteiger partial charge < -0.3 is 0 Å². The van der Waals surface area contributed by atoms with E-state index >= 15 is 0 Å². The van der Waals surface area contributed by atoms with Crippen LogP contribution in [0.3, 0.4) is 0 Å². The van der Waals surface area contributed by atoms with Gasteiger partial charge in [-0.05, 0) is 22.9 Å². The lowest BCUT2D eigenvalue weighted by molar-refractivity contribution is -0.117. The molecule has 0 spiro atoms. The molecule has 0 aliphatic rings. The van der Waals surface area contributed by atoms with E-state index in [4.69, 9.17) is 0 Å². The Labute approximate surface area is 101 Å². The highest BCUT2D eigenvalue weighted by atomic mass is 19.1. The number of hydrogen-bond donors (Lipinski definition) is 0. The Morgan fingerprint density at radius 2 is 1.89 bits per heavy atom. The number of rotatable bonds is 4. The first-order valence-corrected chi connectivity index (χ1v) is 5.22. The summed E-state index contributed by atoms with van der Waals surface area (Å²) in [6.45, 7) is 0. The predicted molar refractivity (Wildman–Crippen MR) is 57.6 cm³/mol. The zero-order valence-corrected chi connectivity index (χ0v) is 9.60. The van der Waals surface area contributed by atoms with E-state index in [0.717, 1.165) is 18.2 Å². The Balaban J connectivity index is 2.02. The van der Waals surface area contributed by atoms with Crippen molar-refractivity contribution in [1.29, 1.82) is 0 Å². The average Bonchev–Trinajstić information content (AvgIpc) is 2.61. The average molecular weight is 252 g/mol. The monoisotopic (exact) mass is 252 g/mol. The van der Waals surface area contributed by atoms with Gasteiger partial charge in [0.2, 0.25) is 0 Å². The van der Waals surface area contributed by atoms with Gasteiger partial charge in [0, 0.05) is 12.5 Å². The molecule has 7 heteroatoms. The fraction of sp³-hybridized carbons (Fsp3) is 0.273. The molecule has 2 aromatic rings. The molecule has 0 aliphatic heterocycles. The summed E-state index contributed by atoms with van der Waals surface area (Å²) in [5.41, 5.74) is 0.293. The SMILES string of the molecule is Cn1nnc(CC(=O)Cc2cc(F)cc(F)c2)n1. The molecule has 1 heterocycles. The Morgan fingerprint density at radius 3 is 2.44 bits per heavy atom. The predicted octanol–water partition coefficient (Wildman–Crippen LogP) is 0.843. The maximum atomic E-state index is 12.9. The molecule has 1 aromatic heterocycles. The van der Waals surface area contributed by atoms with Crippen LogP contribution in [0.2, 0.25) is 0 Å². The van der Waals surface area contributed by atoms with Gasteiger partial charge in [-0.3, -0.25) is 4.79 Å². The largest absolute Gasteiger partial charge is 0.299 e. The Morgan fingerprint density at radius 1 is 1.22 bits per heavy atom. The Bertz CT molecular complexity index is 562. The minimum Gasteiger partial charge on any atom is -0.299 e. The first kappa shape index (κ1) is 12.3. The van der Waals surface area contributed by atoms with Gasteiger partial charge in [0.15, 0.2) is 5.82 Å². The molecule has 0 radical (unpaired) electrons. The quantitative estimate of drug-likeness (QED) is 0.809. The van der Waals surface area contributed by atoms with Crippen LogP contribution in [0, 0.1) is 11.6 Å². The third-order valence-corrected chi connectivity index (χ3v) is 2.23. The summed E-state index contributed by atoms with van der Waals surface area (Å²) in [7, 11) is 1.59. The van der Waals surface area contributed by atoms with E-state index in [1.54, 1.807) is 7.05 Å². The number of aromatic nitrogens is 4. The van der Waals surface area contributed by atoms with E-state index in [-0.39, 0.29) is 18.6 Å². The Kier molecular flexibility index (Phi) is 3.40. The van der Waals surface area contributed by atoms with E-state index in [9.17, 15) is 13.6 Å². The summed E-state index contributed by atoms with van der Waals surface area (Å²) >= 11 is 0. The maximum Gasteiger partial charge on any atom is 0.182 e. The van der Waals surface area contributed by atoms with Gasteiger partial charge in [0.1, 0.15) is 17.4 Å². The highest BCUT2D eigenvalue weighted by molar-refractivity contribution is 5.82. The number of aryl methyl sites for hydroxylation is 1. The van der Waals surface area contributed by atoms with Crippen LogP contribution in [0.5, 0.6) is 0 Å². The van der Waals surface area contributed by atoms with Gasteiger partial charge in [0.25, 0.3) is 0 Å². The fourth-order valence-electron chi connectivity index (χ4n) is 1.57. The summed E-state index contributed by atoms with van der Waals surface area (Å²) in [5.74, 6) is -1.33. The smallest absolute Gasteiger partial charge is 0.182 e. The van der Waals surface area contributed by atoms with E-state index in [2.05, 4.69) is 15.4 Å².